The van der Waals surface area contributed by atoms with Gasteiger partial charge < -0.3 is 5.32 Å². The van der Waals surface area contributed by atoms with E-state index in [1.165, 1.54) is 0 Å². The first-order valence-corrected chi connectivity index (χ1v) is 9.88. The molecule has 1 saturated carbocycles. The number of halogens is 1. The lowest BCUT2D eigenvalue weighted by Crippen LogP contribution is -2.63. The van der Waals surface area contributed by atoms with E-state index in [1.807, 2.05) is 25.4 Å². The lowest BCUT2D eigenvalue weighted by molar-refractivity contribution is -0.139. The largest absolute Gasteiger partial charge is 0.310 e. The second kappa shape index (κ2) is 6.88. The minimum absolute atomic E-state index is 0.0138. The fourth-order valence-corrected chi connectivity index (χ4v) is 4.67. The zero-order valence-electron chi connectivity index (χ0n) is 16.3. The minimum Gasteiger partial charge on any atom is -0.310 e. The SMILES string of the molecule is Cn1cc(-c2cnc3cnc(NC(=O)C4CC5(C4)CN(CCF)C5)cc3c2)cn1. The van der Waals surface area contributed by atoms with Crippen LogP contribution in [0.2, 0.25) is 0 Å². The van der Waals surface area contributed by atoms with Gasteiger partial charge in [-0.25, -0.2) is 9.37 Å². The Morgan fingerprint density at radius 1 is 1.21 bits per heavy atom. The number of amides is 1. The van der Waals surface area contributed by atoms with Gasteiger partial charge in [0.15, 0.2) is 0 Å². The fraction of sp³-hybridized carbons (Fsp3) is 0.429. The third-order valence-electron chi connectivity index (χ3n) is 6.11. The molecule has 3 aromatic heterocycles. The zero-order chi connectivity index (χ0) is 20.0. The van der Waals surface area contributed by atoms with Crippen molar-refractivity contribution in [2.24, 2.45) is 18.4 Å². The first-order valence-electron chi connectivity index (χ1n) is 9.88. The lowest BCUT2D eigenvalue weighted by Gasteiger charge is -2.58. The normalized spacial score (nSPS) is 18.6. The van der Waals surface area contributed by atoms with Crippen LogP contribution < -0.4 is 5.32 Å². The molecule has 8 heteroatoms. The van der Waals surface area contributed by atoms with Gasteiger partial charge in [0.25, 0.3) is 0 Å². The van der Waals surface area contributed by atoms with Crippen LogP contribution in [0.25, 0.3) is 22.0 Å². The van der Waals surface area contributed by atoms with E-state index in [9.17, 15) is 9.18 Å². The molecule has 3 aromatic rings. The molecule has 4 heterocycles. The number of likely N-dealkylation sites (tertiary alicyclic amines) is 1. The third-order valence-corrected chi connectivity index (χ3v) is 6.11. The summed E-state index contributed by atoms with van der Waals surface area (Å²) >= 11 is 0. The highest BCUT2D eigenvalue weighted by atomic mass is 19.1. The molecule has 0 atom stereocenters. The van der Waals surface area contributed by atoms with Crippen LogP contribution >= 0.6 is 0 Å². The average molecular weight is 394 g/mol. The number of hydrogen-bond acceptors (Lipinski definition) is 5. The van der Waals surface area contributed by atoms with Gasteiger partial charge in [-0.2, -0.15) is 5.10 Å². The molecule has 1 saturated heterocycles. The number of carbonyl (C=O) groups excluding carboxylic acids is 1. The van der Waals surface area contributed by atoms with Gasteiger partial charge in [0.2, 0.25) is 5.91 Å². The lowest BCUT2D eigenvalue weighted by atomic mass is 9.57. The second-order valence-corrected chi connectivity index (χ2v) is 8.38. The van der Waals surface area contributed by atoms with Crippen LogP contribution in [-0.4, -0.2) is 56.9 Å². The van der Waals surface area contributed by atoms with Crippen LogP contribution in [0.4, 0.5) is 10.2 Å². The van der Waals surface area contributed by atoms with Gasteiger partial charge >= 0.3 is 0 Å². The Hall–Kier alpha value is -2.87. The van der Waals surface area contributed by atoms with E-state index in [4.69, 9.17) is 0 Å². The Morgan fingerprint density at radius 3 is 2.76 bits per heavy atom. The molecule has 1 N–H and O–H groups in total. The Morgan fingerprint density at radius 2 is 2.03 bits per heavy atom. The molecule has 29 heavy (non-hydrogen) atoms. The monoisotopic (exact) mass is 394 g/mol. The van der Waals surface area contributed by atoms with Crippen molar-refractivity contribution in [1.29, 1.82) is 0 Å². The number of aryl methyl sites for hydroxylation is 1. The molecule has 1 spiro atoms. The molecule has 7 nitrogen and oxygen atoms in total. The highest BCUT2D eigenvalue weighted by molar-refractivity contribution is 5.94. The number of carbonyl (C=O) groups is 1. The van der Waals surface area contributed by atoms with E-state index in [2.05, 4.69) is 25.3 Å². The van der Waals surface area contributed by atoms with Crippen LogP contribution in [0, 0.1) is 11.3 Å². The smallest absolute Gasteiger partial charge is 0.228 e. The molecule has 0 unspecified atom stereocenters. The zero-order valence-corrected chi connectivity index (χ0v) is 16.3. The van der Waals surface area contributed by atoms with E-state index in [-0.39, 0.29) is 23.9 Å². The van der Waals surface area contributed by atoms with Gasteiger partial charge in [0.05, 0.1) is 17.9 Å². The Bertz CT molecular complexity index is 1070. The standard InChI is InChI=1S/C21H23FN6O/c1-27-11-17(9-25-27)15-4-14-5-19(24-10-18(14)23-8-15)26-20(29)16-6-21(7-16)12-28(13-21)3-2-22/h4-5,8-11,16H,2-3,6-7,12-13H2,1H3,(H,24,26,29). The van der Waals surface area contributed by atoms with Crippen molar-refractivity contribution in [3.8, 4) is 11.1 Å². The van der Waals surface area contributed by atoms with Gasteiger partial charge in [-0.05, 0) is 30.4 Å². The Balaban J connectivity index is 1.25. The number of aromatic nitrogens is 4. The Kier molecular flexibility index (Phi) is 4.31. The van der Waals surface area contributed by atoms with E-state index in [1.54, 1.807) is 23.3 Å². The quantitative estimate of drug-likeness (QED) is 0.720. The number of alkyl halides is 1. The van der Waals surface area contributed by atoms with E-state index < -0.39 is 0 Å². The van der Waals surface area contributed by atoms with Crippen molar-refractivity contribution in [2.45, 2.75) is 12.8 Å². The van der Waals surface area contributed by atoms with Crippen LogP contribution in [0.15, 0.2) is 36.9 Å². The predicted molar refractivity (Wildman–Crippen MR) is 108 cm³/mol. The summed E-state index contributed by atoms with van der Waals surface area (Å²) in [4.78, 5) is 23.5. The number of hydrogen-bond donors (Lipinski definition) is 1. The fourth-order valence-electron chi connectivity index (χ4n) is 4.67. The molecule has 1 aliphatic heterocycles. The maximum Gasteiger partial charge on any atom is 0.228 e. The molecule has 1 aliphatic carbocycles. The van der Waals surface area contributed by atoms with Gasteiger partial charge in [-0.3, -0.25) is 19.4 Å². The molecule has 5 rings (SSSR count). The third kappa shape index (κ3) is 3.37. The number of fused-ring (bicyclic) bond motifs is 1. The number of pyridine rings is 2. The number of nitrogens with zero attached hydrogens (tertiary/aromatic N) is 5. The summed E-state index contributed by atoms with van der Waals surface area (Å²) in [6.45, 7) is 2.04. The van der Waals surface area contributed by atoms with Crippen molar-refractivity contribution < 1.29 is 9.18 Å². The van der Waals surface area contributed by atoms with Gasteiger partial charge in [0.1, 0.15) is 12.5 Å². The molecular formula is C21H23FN6O. The maximum absolute atomic E-state index is 12.6. The first-order chi connectivity index (χ1) is 14.0. The number of nitrogens with one attached hydrogen (secondary N) is 1. The topological polar surface area (TPSA) is 75.9 Å². The molecule has 0 bridgehead atoms. The summed E-state index contributed by atoms with van der Waals surface area (Å²) in [6, 6.07) is 3.89. The summed E-state index contributed by atoms with van der Waals surface area (Å²) in [5.74, 6) is 0.573. The van der Waals surface area contributed by atoms with Crippen LogP contribution in [0.1, 0.15) is 12.8 Å². The number of anilines is 1. The summed E-state index contributed by atoms with van der Waals surface area (Å²) in [5.41, 5.74) is 2.97. The second-order valence-electron chi connectivity index (χ2n) is 8.38. The van der Waals surface area contributed by atoms with Crippen LogP contribution in [0.5, 0.6) is 0 Å². The highest BCUT2D eigenvalue weighted by Crippen LogP contribution is 2.52. The number of rotatable bonds is 5. The summed E-state index contributed by atoms with van der Waals surface area (Å²) in [5, 5.41) is 8.07. The summed E-state index contributed by atoms with van der Waals surface area (Å²) < 4.78 is 14.1. The van der Waals surface area contributed by atoms with Gasteiger partial charge in [-0.15, -0.1) is 0 Å². The van der Waals surface area contributed by atoms with Gasteiger partial charge in [0, 0.05) is 61.5 Å². The molecule has 150 valence electrons. The van der Waals surface area contributed by atoms with Crippen molar-refractivity contribution in [3.05, 3.63) is 36.9 Å². The molecule has 2 fully saturated rings. The highest BCUT2D eigenvalue weighted by Gasteiger charge is 2.53. The summed E-state index contributed by atoms with van der Waals surface area (Å²) in [6.07, 6.45) is 8.98. The van der Waals surface area contributed by atoms with Crippen molar-refractivity contribution in [3.63, 3.8) is 0 Å². The molecule has 0 aromatic carbocycles. The molecule has 0 radical (unpaired) electrons. The Labute approximate surface area is 167 Å². The summed E-state index contributed by atoms with van der Waals surface area (Å²) in [7, 11) is 1.88. The predicted octanol–water partition coefficient (Wildman–Crippen LogP) is 2.65. The molecule has 1 amide bonds. The molecule has 2 aliphatic rings. The van der Waals surface area contributed by atoms with Crippen molar-refractivity contribution >= 4 is 22.6 Å². The van der Waals surface area contributed by atoms with E-state index in [0.29, 0.717) is 12.4 Å². The van der Waals surface area contributed by atoms with Gasteiger partial charge in [-0.1, -0.05) is 0 Å². The van der Waals surface area contributed by atoms with Crippen molar-refractivity contribution in [1.82, 2.24) is 24.6 Å². The van der Waals surface area contributed by atoms with E-state index in [0.717, 1.165) is 48.0 Å². The minimum atomic E-state index is -0.301. The van der Waals surface area contributed by atoms with Crippen LogP contribution in [0.3, 0.4) is 0 Å². The molecular weight excluding hydrogens is 371 g/mol. The first kappa shape index (κ1) is 18.2. The average Bonchev–Trinajstić information content (AvgIpc) is 3.08. The maximum atomic E-state index is 12.6. The van der Waals surface area contributed by atoms with Crippen molar-refractivity contribution in [2.75, 3.05) is 31.6 Å². The van der Waals surface area contributed by atoms with Crippen LogP contribution in [-0.2, 0) is 11.8 Å². The van der Waals surface area contributed by atoms with E-state index >= 15 is 0 Å².